The largest absolute Gasteiger partial charge is 0.508 e. The molecular weight excluding hydrogens is 696 g/mol. The van der Waals surface area contributed by atoms with Gasteiger partial charge in [0, 0.05) is 0 Å². The standard InChI is InChI=1S/C38H36O15/c39-25-8-6-24(7-9-25)19-29(42)51-34-33(46)28(22-49-31(44)20-37(47)14-10-26(40)11-15-37)50-36(35(34)52-30(43)18-23-4-2-1-3-5-23)53-32(45)21-38(48)16-12-27(41)13-17-38/h1-17,28,33-36,39,46-48H,18-22H2/t28-,33-,34+,35-,36+/m1/s1. The molecule has 5 rings (SSSR count). The summed E-state index contributed by atoms with van der Waals surface area (Å²) in [6.07, 6.45) is -2.37. The first-order chi connectivity index (χ1) is 25.2. The third-order valence-corrected chi connectivity index (χ3v) is 8.29. The highest BCUT2D eigenvalue weighted by Crippen LogP contribution is 2.30. The Kier molecular flexibility index (Phi) is 12.2. The van der Waals surface area contributed by atoms with Crippen molar-refractivity contribution >= 4 is 35.4 Å². The number of carbonyl (C=O) groups excluding carboxylic acids is 6. The van der Waals surface area contributed by atoms with Crippen molar-refractivity contribution in [3.05, 3.63) is 114 Å². The summed E-state index contributed by atoms with van der Waals surface area (Å²) < 4.78 is 27.9. The molecule has 0 saturated carbocycles. The summed E-state index contributed by atoms with van der Waals surface area (Å²) in [4.78, 5) is 75.5. The van der Waals surface area contributed by atoms with Crippen LogP contribution in [-0.4, -0.2) is 104 Å². The number of ether oxygens (including phenoxy) is 5. The van der Waals surface area contributed by atoms with Gasteiger partial charge in [-0.1, -0.05) is 42.5 Å². The monoisotopic (exact) mass is 732 g/mol. The molecule has 0 radical (unpaired) electrons. The minimum absolute atomic E-state index is 0.0546. The molecule has 1 heterocycles. The number of esters is 4. The van der Waals surface area contributed by atoms with Gasteiger partial charge in [-0.3, -0.25) is 28.8 Å². The van der Waals surface area contributed by atoms with E-state index in [0.29, 0.717) is 11.1 Å². The maximum absolute atomic E-state index is 13.2. The van der Waals surface area contributed by atoms with E-state index in [1.165, 1.54) is 24.3 Å². The van der Waals surface area contributed by atoms with Gasteiger partial charge < -0.3 is 44.1 Å². The molecule has 2 aliphatic carbocycles. The summed E-state index contributed by atoms with van der Waals surface area (Å²) in [5.41, 5.74) is -2.83. The quantitative estimate of drug-likeness (QED) is 0.165. The van der Waals surface area contributed by atoms with Crippen LogP contribution < -0.4 is 0 Å². The number of allylic oxidation sites excluding steroid dienone is 4. The van der Waals surface area contributed by atoms with Gasteiger partial charge in [-0.15, -0.1) is 0 Å². The van der Waals surface area contributed by atoms with Crippen molar-refractivity contribution in [3.63, 3.8) is 0 Å². The Balaban J connectivity index is 1.39. The molecule has 0 bridgehead atoms. The molecular formula is C38H36O15. The van der Waals surface area contributed by atoms with E-state index < -0.39 is 96.8 Å². The Morgan fingerprint density at radius 1 is 0.642 bits per heavy atom. The van der Waals surface area contributed by atoms with Crippen molar-refractivity contribution in [2.24, 2.45) is 0 Å². The zero-order chi connectivity index (χ0) is 38.2. The number of carbonyl (C=O) groups is 6. The molecule has 0 amide bonds. The molecule has 1 saturated heterocycles. The summed E-state index contributed by atoms with van der Waals surface area (Å²) in [6.45, 7) is -0.745. The highest BCUT2D eigenvalue weighted by atomic mass is 16.7. The van der Waals surface area contributed by atoms with Gasteiger partial charge in [0.05, 0.1) is 25.7 Å². The number of benzene rings is 2. The van der Waals surface area contributed by atoms with E-state index in [-0.39, 0.29) is 18.6 Å². The highest BCUT2D eigenvalue weighted by Gasteiger charge is 2.52. The van der Waals surface area contributed by atoms with Crippen molar-refractivity contribution in [3.8, 4) is 5.75 Å². The fourth-order valence-electron chi connectivity index (χ4n) is 5.54. The molecule has 15 heteroatoms. The zero-order valence-electron chi connectivity index (χ0n) is 28.0. The first-order valence-electron chi connectivity index (χ1n) is 16.4. The molecule has 3 aliphatic rings. The molecule has 1 fully saturated rings. The Hall–Kier alpha value is -5.74. The van der Waals surface area contributed by atoms with E-state index in [1.54, 1.807) is 30.3 Å². The van der Waals surface area contributed by atoms with Crippen LogP contribution in [-0.2, 0) is 65.3 Å². The fraction of sp³-hybridized carbons (Fsp3) is 0.316. The third kappa shape index (κ3) is 10.9. The first kappa shape index (κ1) is 38.5. The van der Waals surface area contributed by atoms with E-state index >= 15 is 0 Å². The predicted molar refractivity (Wildman–Crippen MR) is 179 cm³/mol. The summed E-state index contributed by atoms with van der Waals surface area (Å²) in [7, 11) is 0. The smallest absolute Gasteiger partial charge is 0.311 e. The van der Waals surface area contributed by atoms with Crippen LogP contribution in [0.15, 0.2) is 103 Å². The third-order valence-electron chi connectivity index (χ3n) is 8.29. The minimum atomic E-state index is -1.93. The SMILES string of the molecule is O=C1C=CC(O)(CC(=O)OC[C@H]2O[C@@H](OC(=O)CC3(O)C=CC(=O)C=C3)[C@H](OC(=O)Cc3ccccc3)[C@@H](OC(=O)Cc3ccc(O)cc3)[C@@H]2O)C=C1. The lowest BCUT2D eigenvalue weighted by Gasteiger charge is -2.42. The van der Waals surface area contributed by atoms with Gasteiger partial charge in [-0.05, 0) is 71.9 Å². The maximum Gasteiger partial charge on any atom is 0.311 e. The number of phenols is 1. The van der Waals surface area contributed by atoms with Crippen molar-refractivity contribution in [2.75, 3.05) is 6.61 Å². The summed E-state index contributed by atoms with van der Waals surface area (Å²) in [5, 5.41) is 42.6. The van der Waals surface area contributed by atoms with Crippen molar-refractivity contribution in [1.29, 1.82) is 0 Å². The number of hydrogen-bond acceptors (Lipinski definition) is 15. The number of rotatable bonds is 13. The number of phenolic OH excluding ortho intramolecular Hbond substituents is 1. The van der Waals surface area contributed by atoms with E-state index in [1.807, 2.05) is 0 Å². The molecule has 278 valence electrons. The minimum Gasteiger partial charge on any atom is -0.508 e. The number of aliphatic hydroxyl groups excluding tert-OH is 1. The second-order valence-corrected chi connectivity index (χ2v) is 12.6. The highest BCUT2D eigenvalue weighted by molar-refractivity contribution is 6.01. The number of ketones is 2. The lowest BCUT2D eigenvalue weighted by molar-refractivity contribution is -0.299. The second kappa shape index (κ2) is 16.7. The van der Waals surface area contributed by atoms with Crippen molar-refractivity contribution < 1.29 is 72.9 Å². The van der Waals surface area contributed by atoms with Gasteiger partial charge >= 0.3 is 23.9 Å². The number of hydrogen-bond donors (Lipinski definition) is 4. The normalized spacial score (nSPS) is 23.9. The zero-order valence-corrected chi connectivity index (χ0v) is 28.0. The predicted octanol–water partition coefficient (Wildman–Crippen LogP) is 0.806. The van der Waals surface area contributed by atoms with E-state index in [2.05, 4.69) is 0 Å². The lowest BCUT2D eigenvalue weighted by atomic mass is 9.94. The summed E-state index contributed by atoms with van der Waals surface area (Å²) in [5.74, 6) is -4.83. The molecule has 2 aromatic rings. The number of aliphatic hydroxyl groups is 3. The van der Waals surface area contributed by atoms with Crippen molar-refractivity contribution in [2.45, 2.75) is 67.6 Å². The number of aromatic hydroxyl groups is 1. The molecule has 53 heavy (non-hydrogen) atoms. The lowest BCUT2D eigenvalue weighted by Crippen LogP contribution is -2.62. The van der Waals surface area contributed by atoms with Crippen LogP contribution in [0, 0.1) is 0 Å². The van der Waals surface area contributed by atoms with Crippen LogP contribution in [0.4, 0.5) is 0 Å². The van der Waals surface area contributed by atoms with Gasteiger partial charge in [0.1, 0.15) is 35.8 Å². The van der Waals surface area contributed by atoms with Crippen LogP contribution in [0.5, 0.6) is 5.75 Å². The molecule has 15 nitrogen and oxygen atoms in total. The van der Waals surface area contributed by atoms with Gasteiger partial charge in [0.15, 0.2) is 17.7 Å². The Morgan fingerprint density at radius 3 is 1.68 bits per heavy atom. The van der Waals surface area contributed by atoms with Crippen LogP contribution in [0.25, 0.3) is 0 Å². The topological polar surface area (TPSA) is 229 Å². The average molecular weight is 733 g/mol. The average Bonchev–Trinajstić information content (AvgIpc) is 3.11. The first-order valence-corrected chi connectivity index (χ1v) is 16.4. The molecule has 1 aliphatic heterocycles. The van der Waals surface area contributed by atoms with E-state index in [9.17, 15) is 49.2 Å². The second-order valence-electron chi connectivity index (χ2n) is 12.6. The van der Waals surface area contributed by atoms with Gasteiger partial charge in [-0.2, -0.15) is 0 Å². The van der Waals surface area contributed by atoms with Gasteiger partial charge in [0.2, 0.25) is 12.4 Å². The molecule has 4 N–H and O–H groups in total. The van der Waals surface area contributed by atoms with Gasteiger partial charge in [0.25, 0.3) is 0 Å². The fourth-order valence-corrected chi connectivity index (χ4v) is 5.54. The summed E-state index contributed by atoms with van der Waals surface area (Å²) >= 11 is 0. The molecule has 0 spiro atoms. The van der Waals surface area contributed by atoms with E-state index in [0.717, 1.165) is 48.6 Å². The molecule has 5 atom stereocenters. The molecule has 0 unspecified atom stereocenters. The maximum atomic E-state index is 13.2. The van der Waals surface area contributed by atoms with Crippen LogP contribution in [0.2, 0.25) is 0 Å². The van der Waals surface area contributed by atoms with E-state index in [4.69, 9.17) is 23.7 Å². The van der Waals surface area contributed by atoms with Crippen molar-refractivity contribution in [1.82, 2.24) is 0 Å². The van der Waals surface area contributed by atoms with Crippen LogP contribution in [0.1, 0.15) is 24.0 Å². The Bertz CT molecular complexity index is 1790. The Morgan fingerprint density at radius 2 is 1.13 bits per heavy atom. The van der Waals surface area contributed by atoms with Crippen LogP contribution >= 0.6 is 0 Å². The Labute approximate surface area is 302 Å². The van der Waals surface area contributed by atoms with Crippen LogP contribution in [0.3, 0.4) is 0 Å². The van der Waals surface area contributed by atoms with Gasteiger partial charge in [-0.25, -0.2) is 0 Å². The molecule has 0 aromatic heterocycles. The molecule has 2 aromatic carbocycles. The summed E-state index contributed by atoms with van der Waals surface area (Å²) in [6, 6.07) is 14.0.